The molecule has 8 heteroatoms. The molecule has 0 saturated carbocycles. The van der Waals surface area contributed by atoms with Crippen LogP contribution in [-0.4, -0.2) is 17.8 Å². The van der Waals surface area contributed by atoms with Crippen molar-refractivity contribution in [1.29, 1.82) is 5.26 Å². The molecule has 0 spiro atoms. The predicted octanol–water partition coefficient (Wildman–Crippen LogP) is 13.6. The Hall–Kier alpha value is -3.99. The Morgan fingerprint density at radius 3 is 1.65 bits per heavy atom. The second kappa shape index (κ2) is 22.6. The molecule has 3 aromatic rings. The van der Waals surface area contributed by atoms with Crippen molar-refractivity contribution in [2.45, 2.75) is 125 Å². The lowest BCUT2D eigenvalue weighted by Crippen LogP contribution is -2.12. The van der Waals surface area contributed by atoms with E-state index in [2.05, 4.69) is 68.6 Å². The van der Waals surface area contributed by atoms with E-state index < -0.39 is 0 Å². The first-order valence-electron chi connectivity index (χ1n) is 18.9. The number of hydrogen-bond donors (Lipinski definition) is 0. The summed E-state index contributed by atoms with van der Waals surface area (Å²) in [6.07, 6.45) is 15.9. The van der Waals surface area contributed by atoms with E-state index in [1.807, 2.05) is 24.3 Å². The third-order valence-electron chi connectivity index (χ3n) is 9.41. The Balaban J connectivity index is 2.03. The maximum Gasteiger partial charge on any atom is 0.155 e. The van der Waals surface area contributed by atoms with Crippen molar-refractivity contribution in [3.05, 3.63) is 60.3 Å². The molecule has 0 aliphatic rings. The molecule has 49 heavy (non-hydrogen) atoms. The highest BCUT2D eigenvalue weighted by Gasteiger charge is 2.17. The fourth-order valence-electron chi connectivity index (χ4n) is 5.80. The van der Waals surface area contributed by atoms with E-state index in [4.69, 9.17) is 19.7 Å². The molecule has 0 bridgehead atoms. The number of unbranched alkanes of at least 4 members (excludes halogenated alkanes) is 3. The van der Waals surface area contributed by atoms with Crippen LogP contribution in [0.5, 0.6) is 11.5 Å². The van der Waals surface area contributed by atoms with Gasteiger partial charge in [-0.25, -0.2) is 0 Å². The molecule has 1 heterocycles. The van der Waals surface area contributed by atoms with Crippen LogP contribution in [0.25, 0.3) is 0 Å². The van der Waals surface area contributed by atoms with Crippen LogP contribution in [0.3, 0.4) is 0 Å². The monoisotopic (exact) mass is 668 g/mol. The number of hydrogen-bond acceptors (Lipinski definition) is 7. The van der Waals surface area contributed by atoms with Gasteiger partial charge in [0.1, 0.15) is 22.9 Å². The number of aromatic nitrogens is 1. The van der Waals surface area contributed by atoms with Gasteiger partial charge in [-0.05, 0) is 73.4 Å². The minimum Gasteiger partial charge on any atom is -0.491 e. The molecular weight excluding hydrogens is 608 g/mol. The summed E-state index contributed by atoms with van der Waals surface area (Å²) in [6, 6.07) is 17.1. The smallest absolute Gasteiger partial charge is 0.155 e. The summed E-state index contributed by atoms with van der Waals surface area (Å²) in [6.45, 7) is 15.5. The summed E-state index contributed by atoms with van der Waals surface area (Å²) >= 11 is 0. The maximum atomic E-state index is 9.21. The third kappa shape index (κ3) is 13.4. The van der Waals surface area contributed by atoms with E-state index in [0.29, 0.717) is 65.1 Å². The highest BCUT2D eigenvalue weighted by molar-refractivity contribution is 5.66. The lowest BCUT2D eigenvalue weighted by Gasteiger charge is -2.19. The Bertz CT molecular complexity index is 1460. The van der Waals surface area contributed by atoms with E-state index in [1.165, 1.54) is 32.1 Å². The van der Waals surface area contributed by atoms with Gasteiger partial charge in [-0.1, -0.05) is 99.3 Å². The number of nitrogens with zero attached hydrogens (tertiary/aromatic N) is 6. The molecule has 3 atom stereocenters. The van der Waals surface area contributed by atoms with E-state index in [-0.39, 0.29) is 0 Å². The zero-order valence-corrected chi connectivity index (χ0v) is 31.0. The average Bonchev–Trinajstić information content (AvgIpc) is 3.58. The van der Waals surface area contributed by atoms with Gasteiger partial charge in [0, 0.05) is 24.9 Å². The van der Waals surface area contributed by atoms with Crippen molar-refractivity contribution < 1.29 is 9.47 Å². The van der Waals surface area contributed by atoms with Crippen LogP contribution >= 0.6 is 0 Å². The topological polar surface area (TPSA) is 96.6 Å². The van der Waals surface area contributed by atoms with Gasteiger partial charge in [-0.15, -0.1) is 15.3 Å². The summed E-state index contributed by atoms with van der Waals surface area (Å²) in [7, 11) is 0. The third-order valence-corrected chi connectivity index (χ3v) is 9.41. The molecule has 0 N–H and O–H groups in total. The molecule has 0 fully saturated rings. The quantitative estimate of drug-likeness (QED) is 0.0888. The molecule has 0 aliphatic carbocycles. The van der Waals surface area contributed by atoms with Crippen molar-refractivity contribution in [2.75, 3.05) is 13.2 Å². The van der Waals surface area contributed by atoms with Crippen LogP contribution in [0, 0.1) is 29.1 Å². The molecule has 266 valence electrons. The van der Waals surface area contributed by atoms with Crippen LogP contribution in [0.4, 0.5) is 22.9 Å². The predicted molar refractivity (Wildman–Crippen MR) is 201 cm³/mol. The highest BCUT2D eigenvalue weighted by Crippen LogP contribution is 2.42. The van der Waals surface area contributed by atoms with Gasteiger partial charge in [0.25, 0.3) is 0 Å². The summed E-state index contributed by atoms with van der Waals surface area (Å²) in [5, 5.41) is 27.9. The van der Waals surface area contributed by atoms with Crippen molar-refractivity contribution >= 4 is 22.9 Å². The summed E-state index contributed by atoms with van der Waals surface area (Å²) < 4.78 is 15.3. The summed E-state index contributed by atoms with van der Waals surface area (Å²) in [5.41, 5.74) is 2.43. The lowest BCUT2D eigenvalue weighted by atomic mass is 9.99. The minimum atomic E-state index is 0.440. The minimum absolute atomic E-state index is 0.440. The number of rotatable bonds is 24. The Labute approximate surface area is 296 Å². The second-order valence-electron chi connectivity index (χ2n) is 13.2. The second-order valence-corrected chi connectivity index (χ2v) is 13.2. The molecule has 0 amide bonds. The Morgan fingerprint density at radius 1 is 0.653 bits per heavy atom. The highest BCUT2D eigenvalue weighted by atomic mass is 16.5. The zero-order chi connectivity index (χ0) is 35.3. The van der Waals surface area contributed by atoms with Crippen molar-refractivity contribution in [2.24, 2.45) is 38.2 Å². The van der Waals surface area contributed by atoms with Crippen LogP contribution in [-0.2, 0) is 6.54 Å². The van der Waals surface area contributed by atoms with Crippen molar-refractivity contribution in [1.82, 2.24) is 4.57 Å². The lowest BCUT2D eigenvalue weighted by molar-refractivity contribution is 0.229. The van der Waals surface area contributed by atoms with Crippen LogP contribution in [0.2, 0.25) is 0 Å². The zero-order valence-electron chi connectivity index (χ0n) is 31.0. The van der Waals surface area contributed by atoms with E-state index >= 15 is 0 Å². The van der Waals surface area contributed by atoms with Crippen molar-refractivity contribution in [3.63, 3.8) is 0 Å². The normalized spacial score (nSPS) is 13.5. The molecule has 0 saturated heterocycles. The van der Waals surface area contributed by atoms with E-state index in [0.717, 1.165) is 57.3 Å². The molecule has 2 aromatic carbocycles. The SMILES string of the molecule is CCCCC(CC)COc1cc(/N=N/c2cccn2CC(CC)CCCC)c(OCC(CC)CCCC)cc1N=Nc1ccc(C#N)cc1. The average molecular weight is 669 g/mol. The van der Waals surface area contributed by atoms with Crippen LogP contribution in [0.15, 0.2) is 75.2 Å². The molecule has 0 aliphatic heterocycles. The molecule has 3 rings (SSSR count). The number of benzene rings is 2. The fraction of sp³-hybridized carbons (Fsp3) is 0.585. The summed E-state index contributed by atoms with van der Waals surface area (Å²) in [4.78, 5) is 0. The standard InChI is InChI=1S/C41H60N6O2/c1-7-13-17-32(10-4)29-47-25-16-20-41(47)46-45-38-27-39(48-30-33(11-5)18-14-8-2)37(44-43-36-23-21-35(28-42)22-24-36)26-40(38)49-31-34(12-6)19-15-9-3/h16,20-27,32-34H,7-15,17-19,29-31H2,1-6H3/b44-43?,46-45+. The van der Waals surface area contributed by atoms with E-state index in [1.54, 1.807) is 24.3 Å². The van der Waals surface area contributed by atoms with Crippen molar-refractivity contribution in [3.8, 4) is 17.6 Å². The number of azo groups is 2. The van der Waals surface area contributed by atoms with Crippen LogP contribution in [0.1, 0.15) is 124 Å². The van der Waals surface area contributed by atoms with Gasteiger partial charge in [-0.2, -0.15) is 10.4 Å². The fourth-order valence-corrected chi connectivity index (χ4v) is 5.80. The molecular formula is C41H60N6O2. The first-order chi connectivity index (χ1) is 24.0. The van der Waals surface area contributed by atoms with Gasteiger partial charge in [-0.3, -0.25) is 0 Å². The molecule has 8 nitrogen and oxygen atoms in total. The largest absolute Gasteiger partial charge is 0.491 e. The van der Waals surface area contributed by atoms with Gasteiger partial charge < -0.3 is 14.0 Å². The first-order valence-corrected chi connectivity index (χ1v) is 18.9. The number of ether oxygens (including phenoxy) is 2. The molecule has 0 radical (unpaired) electrons. The summed E-state index contributed by atoms with van der Waals surface area (Å²) in [5.74, 6) is 3.54. The van der Waals surface area contributed by atoms with Gasteiger partial charge in [0.2, 0.25) is 0 Å². The Morgan fingerprint density at radius 2 is 1.16 bits per heavy atom. The molecule has 1 aromatic heterocycles. The van der Waals surface area contributed by atoms with Gasteiger partial charge in [0.05, 0.1) is 30.5 Å². The Kier molecular flexibility index (Phi) is 18.2. The first kappa shape index (κ1) is 39.4. The van der Waals surface area contributed by atoms with Gasteiger partial charge in [0.15, 0.2) is 5.82 Å². The van der Waals surface area contributed by atoms with Gasteiger partial charge >= 0.3 is 0 Å². The molecule has 3 unspecified atom stereocenters. The number of nitriles is 1. The van der Waals surface area contributed by atoms with Crippen LogP contribution < -0.4 is 9.47 Å². The maximum absolute atomic E-state index is 9.21. The van der Waals surface area contributed by atoms with E-state index in [9.17, 15) is 5.26 Å².